The number of morpholine rings is 1. The van der Waals surface area contributed by atoms with Crippen molar-refractivity contribution in [3.8, 4) is 0 Å². The van der Waals surface area contributed by atoms with Crippen molar-refractivity contribution in [3.63, 3.8) is 0 Å². The van der Waals surface area contributed by atoms with Crippen LogP contribution in [0.2, 0.25) is 10.0 Å². The first-order valence-electron chi connectivity index (χ1n) is 9.62. The maximum Gasteiger partial charge on any atom is 0.209 e. The van der Waals surface area contributed by atoms with E-state index in [1.165, 1.54) is 17.7 Å². The minimum Gasteiger partial charge on any atom is -0.371 e. The quantitative estimate of drug-likeness (QED) is 0.510. The van der Waals surface area contributed by atoms with Crippen LogP contribution in [-0.2, 0) is 21.1 Å². The lowest BCUT2D eigenvalue weighted by Crippen LogP contribution is -2.37. The largest absolute Gasteiger partial charge is 0.371 e. The first-order valence-corrected chi connectivity index (χ1v) is 11.9. The highest BCUT2D eigenvalue weighted by Gasteiger charge is 2.26. The molecule has 1 saturated heterocycles. The number of benzene rings is 3. The highest BCUT2D eigenvalue weighted by molar-refractivity contribution is 7.91. The van der Waals surface area contributed by atoms with Crippen molar-refractivity contribution in [1.29, 1.82) is 0 Å². The highest BCUT2D eigenvalue weighted by atomic mass is 35.5. The van der Waals surface area contributed by atoms with Gasteiger partial charge in [-0.1, -0.05) is 71.7 Å². The Morgan fingerprint density at radius 3 is 2.23 bits per heavy atom. The van der Waals surface area contributed by atoms with Crippen LogP contribution in [0.4, 0.5) is 0 Å². The number of hydrogen-bond acceptors (Lipinski definition) is 4. The molecule has 1 aliphatic rings. The second-order valence-electron chi connectivity index (χ2n) is 7.20. The average Bonchev–Trinajstić information content (AvgIpc) is 2.74. The third-order valence-electron chi connectivity index (χ3n) is 5.15. The van der Waals surface area contributed by atoms with Crippen LogP contribution >= 0.6 is 23.2 Å². The molecule has 156 valence electrons. The zero-order valence-corrected chi connectivity index (χ0v) is 18.5. The van der Waals surface area contributed by atoms with Crippen LogP contribution in [0.3, 0.4) is 0 Å². The van der Waals surface area contributed by atoms with E-state index < -0.39 is 9.84 Å². The molecule has 0 saturated carbocycles. The molecule has 7 heteroatoms. The van der Waals surface area contributed by atoms with E-state index >= 15 is 0 Å². The summed E-state index contributed by atoms with van der Waals surface area (Å²) < 4.78 is 32.0. The Bertz CT molecular complexity index is 1100. The van der Waals surface area contributed by atoms with Gasteiger partial charge in [-0.25, -0.2) is 8.42 Å². The van der Waals surface area contributed by atoms with Gasteiger partial charge in [-0.3, -0.25) is 4.90 Å². The maximum atomic E-state index is 13.0. The minimum absolute atomic E-state index is 0.0657. The van der Waals surface area contributed by atoms with E-state index in [1.54, 1.807) is 30.3 Å². The van der Waals surface area contributed by atoms with Crippen LogP contribution in [0.25, 0.3) is 0 Å². The van der Waals surface area contributed by atoms with Gasteiger partial charge in [-0.2, -0.15) is 0 Å². The zero-order valence-electron chi connectivity index (χ0n) is 16.2. The first-order chi connectivity index (χ1) is 14.4. The molecule has 1 atom stereocenters. The fourth-order valence-electron chi connectivity index (χ4n) is 3.61. The number of sulfone groups is 1. The fourth-order valence-corrected chi connectivity index (χ4v) is 5.99. The smallest absolute Gasteiger partial charge is 0.209 e. The molecule has 3 aromatic carbocycles. The highest BCUT2D eigenvalue weighted by Crippen LogP contribution is 2.34. The predicted molar refractivity (Wildman–Crippen MR) is 119 cm³/mol. The molecule has 0 radical (unpaired) electrons. The van der Waals surface area contributed by atoms with Gasteiger partial charge in [-0.05, 0) is 35.4 Å². The molecule has 1 heterocycles. The number of nitrogens with zero attached hydrogens (tertiary/aromatic N) is 1. The van der Waals surface area contributed by atoms with Gasteiger partial charge in [0.2, 0.25) is 9.84 Å². The van der Waals surface area contributed by atoms with Gasteiger partial charge in [0.25, 0.3) is 0 Å². The molecular formula is C23H21Cl2NO3S. The van der Waals surface area contributed by atoms with Crippen molar-refractivity contribution in [2.24, 2.45) is 0 Å². The summed E-state index contributed by atoms with van der Waals surface area (Å²) >= 11 is 12.2. The molecule has 0 bridgehead atoms. The molecule has 0 N–H and O–H groups in total. The van der Waals surface area contributed by atoms with Crippen LogP contribution in [0, 0.1) is 0 Å². The summed E-state index contributed by atoms with van der Waals surface area (Å²) in [5.74, 6) is 0. The van der Waals surface area contributed by atoms with E-state index in [4.69, 9.17) is 27.9 Å². The van der Waals surface area contributed by atoms with Crippen LogP contribution in [0.5, 0.6) is 0 Å². The standard InChI is InChI=1S/C23H21Cl2NO3S/c24-20-7-4-8-21(25)23(20)30(27,28)19-11-9-18(10-12-19)22-16-26(13-14-29-22)15-17-5-2-1-3-6-17/h1-12,22H,13-16H2. The van der Waals surface area contributed by atoms with Crippen molar-refractivity contribution in [1.82, 2.24) is 4.90 Å². The van der Waals surface area contributed by atoms with E-state index in [0.29, 0.717) is 6.61 Å². The number of halogens is 2. The van der Waals surface area contributed by atoms with Gasteiger partial charge in [0.15, 0.2) is 0 Å². The Hall–Kier alpha value is -1.89. The van der Waals surface area contributed by atoms with Crippen molar-refractivity contribution < 1.29 is 13.2 Å². The molecule has 3 aromatic rings. The third kappa shape index (κ3) is 4.56. The normalized spacial score (nSPS) is 17.7. The van der Waals surface area contributed by atoms with E-state index in [2.05, 4.69) is 17.0 Å². The van der Waals surface area contributed by atoms with Gasteiger partial charge in [0.1, 0.15) is 4.90 Å². The second-order valence-corrected chi connectivity index (χ2v) is 9.90. The minimum atomic E-state index is -3.81. The van der Waals surface area contributed by atoms with E-state index in [0.717, 1.165) is 25.2 Å². The van der Waals surface area contributed by atoms with Crippen LogP contribution in [-0.4, -0.2) is 33.0 Å². The summed E-state index contributed by atoms with van der Waals surface area (Å²) in [5.41, 5.74) is 2.20. The molecule has 4 rings (SSSR count). The molecule has 1 fully saturated rings. The molecule has 1 aliphatic heterocycles. The zero-order chi connectivity index (χ0) is 21.1. The summed E-state index contributed by atoms with van der Waals surface area (Å²) in [6.45, 7) is 3.10. The van der Waals surface area contributed by atoms with E-state index in [-0.39, 0.29) is 25.9 Å². The third-order valence-corrected chi connectivity index (χ3v) is 7.87. The van der Waals surface area contributed by atoms with Gasteiger partial charge >= 0.3 is 0 Å². The Balaban J connectivity index is 1.52. The summed E-state index contributed by atoms with van der Waals surface area (Å²) in [6, 6.07) is 21.8. The lowest BCUT2D eigenvalue weighted by atomic mass is 10.1. The van der Waals surface area contributed by atoms with Crippen molar-refractivity contribution in [2.45, 2.75) is 22.4 Å². The molecule has 1 unspecified atom stereocenters. The van der Waals surface area contributed by atoms with Crippen LogP contribution in [0.15, 0.2) is 82.6 Å². The fraction of sp³-hybridized carbons (Fsp3) is 0.217. The average molecular weight is 462 g/mol. The van der Waals surface area contributed by atoms with Gasteiger partial charge < -0.3 is 4.74 Å². The van der Waals surface area contributed by atoms with E-state index in [1.807, 2.05) is 18.2 Å². The van der Waals surface area contributed by atoms with Crippen molar-refractivity contribution >= 4 is 33.0 Å². The second kappa shape index (κ2) is 9.08. The molecule has 30 heavy (non-hydrogen) atoms. The predicted octanol–water partition coefficient (Wildman–Crippen LogP) is 5.40. The monoisotopic (exact) mass is 461 g/mol. The maximum absolute atomic E-state index is 13.0. The van der Waals surface area contributed by atoms with Crippen LogP contribution < -0.4 is 0 Å². The Kier molecular flexibility index (Phi) is 6.46. The van der Waals surface area contributed by atoms with Crippen molar-refractivity contribution in [2.75, 3.05) is 19.7 Å². The summed E-state index contributed by atoms with van der Waals surface area (Å²) in [7, 11) is -3.81. The number of hydrogen-bond donors (Lipinski definition) is 0. The van der Waals surface area contributed by atoms with Crippen LogP contribution in [0.1, 0.15) is 17.2 Å². The van der Waals surface area contributed by atoms with Gasteiger partial charge in [-0.15, -0.1) is 0 Å². The van der Waals surface area contributed by atoms with Gasteiger partial charge in [0, 0.05) is 19.6 Å². The summed E-state index contributed by atoms with van der Waals surface area (Å²) in [4.78, 5) is 2.43. The lowest BCUT2D eigenvalue weighted by molar-refractivity contribution is -0.0329. The molecule has 0 amide bonds. The Morgan fingerprint density at radius 2 is 1.57 bits per heavy atom. The molecule has 0 spiro atoms. The summed E-state index contributed by atoms with van der Waals surface area (Å²) in [5, 5.41) is 0.220. The lowest BCUT2D eigenvalue weighted by Gasteiger charge is -2.33. The number of ether oxygens (including phenoxy) is 1. The molecule has 4 nitrogen and oxygen atoms in total. The molecule has 0 aliphatic carbocycles. The Labute approximate surface area is 186 Å². The Morgan fingerprint density at radius 1 is 0.900 bits per heavy atom. The molecular weight excluding hydrogens is 441 g/mol. The van der Waals surface area contributed by atoms with Gasteiger partial charge in [0.05, 0.1) is 27.7 Å². The van der Waals surface area contributed by atoms with Crippen molar-refractivity contribution in [3.05, 3.63) is 94.0 Å². The first kappa shape index (κ1) is 21.3. The SMILES string of the molecule is O=S(=O)(c1ccc(C2CN(Cc3ccccc3)CCO2)cc1)c1c(Cl)cccc1Cl. The number of rotatable bonds is 5. The van der Waals surface area contributed by atoms with E-state index in [9.17, 15) is 8.42 Å². The molecule has 0 aromatic heterocycles. The topological polar surface area (TPSA) is 46.6 Å². The summed E-state index contributed by atoms with van der Waals surface area (Å²) in [6.07, 6.45) is -0.108.